The number of hydrogen-bond donors (Lipinski definition) is 0. The molecule has 1 aliphatic carbocycles. The third kappa shape index (κ3) is 4.14. The summed E-state index contributed by atoms with van der Waals surface area (Å²) in [6.45, 7) is 1.23. The normalized spacial score (nSPS) is 23.6. The molecule has 1 aliphatic heterocycles. The van der Waals surface area contributed by atoms with Crippen LogP contribution in [0, 0.1) is 11.8 Å². The SMILES string of the molecule is CN1C[C@@H]2C[C@H](N(C)C(=O)c3ccccc3OCc3ccccc3)C[C@@H]2CC1=O. The molecule has 2 aromatic carbocycles. The summed E-state index contributed by atoms with van der Waals surface area (Å²) >= 11 is 0. The van der Waals surface area contributed by atoms with Crippen molar-refractivity contribution in [3.8, 4) is 5.75 Å². The summed E-state index contributed by atoms with van der Waals surface area (Å²) in [5.41, 5.74) is 1.66. The van der Waals surface area contributed by atoms with Crippen LogP contribution < -0.4 is 4.74 Å². The van der Waals surface area contributed by atoms with Crippen molar-refractivity contribution < 1.29 is 14.3 Å². The molecule has 0 bridgehead atoms. The Morgan fingerprint density at radius 3 is 2.55 bits per heavy atom. The van der Waals surface area contributed by atoms with Gasteiger partial charge in [0.2, 0.25) is 5.91 Å². The van der Waals surface area contributed by atoms with Crippen molar-refractivity contribution in [1.82, 2.24) is 9.80 Å². The molecule has 0 N–H and O–H groups in total. The fraction of sp³-hybridized carbons (Fsp3) is 0.417. The number of para-hydroxylation sites is 1. The molecule has 0 unspecified atom stereocenters. The van der Waals surface area contributed by atoms with Gasteiger partial charge in [-0.3, -0.25) is 9.59 Å². The highest BCUT2D eigenvalue weighted by Crippen LogP contribution is 2.40. The van der Waals surface area contributed by atoms with E-state index < -0.39 is 0 Å². The molecule has 1 saturated carbocycles. The van der Waals surface area contributed by atoms with E-state index in [2.05, 4.69) is 0 Å². The molecule has 2 aromatic rings. The Morgan fingerprint density at radius 2 is 1.76 bits per heavy atom. The van der Waals surface area contributed by atoms with Crippen LogP contribution in [0.4, 0.5) is 0 Å². The maximum absolute atomic E-state index is 13.3. The quantitative estimate of drug-likeness (QED) is 0.781. The molecular formula is C24H28N2O3. The summed E-state index contributed by atoms with van der Waals surface area (Å²) in [4.78, 5) is 29.0. The van der Waals surface area contributed by atoms with Gasteiger partial charge in [-0.1, -0.05) is 42.5 Å². The molecule has 2 amide bonds. The minimum absolute atomic E-state index is 0.0167. The van der Waals surface area contributed by atoms with Crippen molar-refractivity contribution in [3.05, 3.63) is 65.7 Å². The number of amides is 2. The van der Waals surface area contributed by atoms with Gasteiger partial charge in [0.25, 0.3) is 5.91 Å². The predicted octanol–water partition coefficient (Wildman–Crippen LogP) is 3.59. The van der Waals surface area contributed by atoms with Gasteiger partial charge in [0.05, 0.1) is 5.56 Å². The fourth-order valence-electron chi connectivity index (χ4n) is 4.66. The molecule has 2 aliphatic rings. The van der Waals surface area contributed by atoms with Crippen LogP contribution in [-0.4, -0.2) is 48.3 Å². The van der Waals surface area contributed by atoms with E-state index in [9.17, 15) is 9.59 Å². The number of likely N-dealkylation sites (tertiary alicyclic amines) is 1. The molecule has 3 atom stereocenters. The molecule has 0 spiro atoms. The second-order valence-corrected chi connectivity index (χ2v) is 8.31. The predicted molar refractivity (Wildman–Crippen MR) is 112 cm³/mol. The lowest BCUT2D eigenvalue weighted by Crippen LogP contribution is -2.40. The van der Waals surface area contributed by atoms with E-state index in [0.717, 1.165) is 24.9 Å². The maximum Gasteiger partial charge on any atom is 0.257 e. The molecule has 0 radical (unpaired) electrons. The first-order valence-electron chi connectivity index (χ1n) is 10.3. The van der Waals surface area contributed by atoms with Crippen LogP contribution in [0.15, 0.2) is 54.6 Å². The van der Waals surface area contributed by atoms with E-state index >= 15 is 0 Å². The molecule has 0 aromatic heterocycles. The summed E-state index contributed by atoms with van der Waals surface area (Å²) in [6.07, 6.45) is 2.47. The smallest absolute Gasteiger partial charge is 0.257 e. The third-order valence-corrected chi connectivity index (χ3v) is 6.41. The van der Waals surface area contributed by atoms with E-state index in [0.29, 0.717) is 36.2 Å². The molecular weight excluding hydrogens is 364 g/mol. The Morgan fingerprint density at radius 1 is 1.07 bits per heavy atom. The first-order chi connectivity index (χ1) is 14.0. The number of rotatable bonds is 5. The van der Waals surface area contributed by atoms with Gasteiger partial charge in [-0.25, -0.2) is 0 Å². The molecule has 5 heteroatoms. The van der Waals surface area contributed by atoms with E-state index in [-0.39, 0.29) is 17.9 Å². The number of carbonyl (C=O) groups excluding carboxylic acids is 2. The third-order valence-electron chi connectivity index (χ3n) is 6.41. The van der Waals surface area contributed by atoms with Crippen LogP contribution in [0.2, 0.25) is 0 Å². The number of fused-ring (bicyclic) bond motifs is 1. The summed E-state index contributed by atoms with van der Waals surface area (Å²) in [7, 11) is 3.75. The van der Waals surface area contributed by atoms with E-state index in [4.69, 9.17) is 4.74 Å². The van der Waals surface area contributed by atoms with Gasteiger partial charge >= 0.3 is 0 Å². The van der Waals surface area contributed by atoms with Crippen molar-refractivity contribution in [2.45, 2.75) is 31.9 Å². The molecule has 29 heavy (non-hydrogen) atoms. The lowest BCUT2D eigenvalue weighted by Gasteiger charge is -2.31. The summed E-state index contributed by atoms with van der Waals surface area (Å²) in [5.74, 6) is 1.70. The number of ether oxygens (including phenoxy) is 1. The number of hydrogen-bond acceptors (Lipinski definition) is 3. The number of benzene rings is 2. The molecule has 1 heterocycles. The van der Waals surface area contributed by atoms with Gasteiger partial charge in [0, 0.05) is 33.1 Å². The zero-order valence-electron chi connectivity index (χ0n) is 17.1. The zero-order chi connectivity index (χ0) is 20.4. The number of carbonyl (C=O) groups is 2. The molecule has 152 valence electrons. The number of piperidine rings is 1. The van der Waals surface area contributed by atoms with Gasteiger partial charge < -0.3 is 14.5 Å². The van der Waals surface area contributed by atoms with Crippen LogP contribution in [0.3, 0.4) is 0 Å². The minimum atomic E-state index is -0.0167. The standard InChI is InChI=1S/C24H28N2O3/c1-25-15-19-13-20(12-18(19)14-23(25)27)26(2)24(28)21-10-6-7-11-22(21)29-16-17-8-4-3-5-9-17/h3-11,18-20H,12-16H2,1-2H3/t18-,19+,20-/m1/s1. The van der Waals surface area contributed by atoms with E-state index in [1.165, 1.54) is 0 Å². The summed E-state index contributed by atoms with van der Waals surface area (Å²) in [6, 6.07) is 17.6. The second-order valence-electron chi connectivity index (χ2n) is 8.31. The van der Waals surface area contributed by atoms with Crippen LogP contribution >= 0.6 is 0 Å². The molecule has 5 nitrogen and oxygen atoms in total. The Kier molecular flexibility index (Phi) is 5.56. The average molecular weight is 392 g/mol. The zero-order valence-corrected chi connectivity index (χ0v) is 17.1. The van der Waals surface area contributed by atoms with Crippen LogP contribution in [0.5, 0.6) is 5.75 Å². The van der Waals surface area contributed by atoms with Crippen LogP contribution in [0.1, 0.15) is 35.2 Å². The van der Waals surface area contributed by atoms with Gasteiger partial charge in [0.1, 0.15) is 12.4 Å². The maximum atomic E-state index is 13.3. The molecule has 2 fully saturated rings. The average Bonchev–Trinajstić information content (AvgIpc) is 3.15. The highest BCUT2D eigenvalue weighted by molar-refractivity contribution is 5.97. The fourth-order valence-corrected chi connectivity index (χ4v) is 4.66. The van der Waals surface area contributed by atoms with Gasteiger partial charge in [0.15, 0.2) is 0 Å². The van der Waals surface area contributed by atoms with Gasteiger partial charge in [-0.2, -0.15) is 0 Å². The topological polar surface area (TPSA) is 49.9 Å². The number of nitrogens with zero attached hydrogens (tertiary/aromatic N) is 2. The Labute approximate surface area is 172 Å². The van der Waals surface area contributed by atoms with Crippen molar-refractivity contribution in [2.24, 2.45) is 11.8 Å². The summed E-state index contributed by atoms with van der Waals surface area (Å²) in [5, 5.41) is 0. The largest absolute Gasteiger partial charge is 0.488 e. The lowest BCUT2D eigenvalue weighted by molar-refractivity contribution is -0.134. The summed E-state index contributed by atoms with van der Waals surface area (Å²) < 4.78 is 5.98. The van der Waals surface area contributed by atoms with Gasteiger partial charge in [-0.05, 0) is 42.4 Å². The first kappa shape index (κ1) is 19.5. The van der Waals surface area contributed by atoms with Crippen LogP contribution in [0.25, 0.3) is 0 Å². The van der Waals surface area contributed by atoms with Crippen LogP contribution in [-0.2, 0) is 11.4 Å². The van der Waals surface area contributed by atoms with Crippen molar-refractivity contribution in [3.63, 3.8) is 0 Å². The highest BCUT2D eigenvalue weighted by Gasteiger charge is 2.42. The minimum Gasteiger partial charge on any atom is -0.488 e. The monoisotopic (exact) mass is 392 g/mol. The Bertz CT molecular complexity index is 883. The highest BCUT2D eigenvalue weighted by atomic mass is 16.5. The Hall–Kier alpha value is -2.82. The van der Waals surface area contributed by atoms with Crippen molar-refractivity contribution in [2.75, 3.05) is 20.6 Å². The van der Waals surface area contributed by atoms with Gasteiger partial charge in [-0.15, -0.1) is 0 Å². The lowest BCUT2D eigenvalue weighted by atomic mass is 9.88. The molecule has 1 saturated heterocycles. The second kappa shape index (κ2) is 8.27. The van der Waals surface area contributed by atoms with Crippen molar-refractivity contribution in [1.29, 1.82) is 0 Å². The Balaban J connectivity index is 1.45. The van der Waals surface area contributed by atoms with E-state index in [1.807, 2.05) is 78.5 Å². The van der Waals surface area contributed by atoms with E-state index in [1.54, 1.807) is 0 Å². The first-order valence-corrected chi connectivity index (χ1v) is 10.3. The van der Waals surface area contributed by atoms with Crippen molar-refractivity contribution >= 4 is 11.8 Å². The molecule has 4 rings (SSSR count).